The number of amides is 1. The molecule has 0 bridgehead atoms. The summed E-state index contributed by atoms with van der Waals surface area (Å²) in [7, 11) is 1.59. The third-order valence-corrected chi connectivity index (χ3v) is 2.41. The number of rotatable bonds is 3. The third kappa shape index (κ3) is 2.63. The van der Waals surface area contributed by atoms with Crippen LogP contribution >= 0.6 is 11.6 Å². The molecule has 1 aliphatic carbocycles. The monoisotopic (exact) mass is 225 g/mol. The Labute approximate surface area is 93.4 Å². The van der Waals surface area contributed by atoms with Crippen molar-refractivity contribution in [1.82, 2.24) is 5.32 Å². The number of nitrogens with one attached hydrogen (secondary N) is 1. The molecule has 1 aliphatic rings. The summed E-state index contributed by atoms with van der Waals surface area (Å²) in [5.74, 6) is 0.516. The second-order valence-corrected chi connectivity index (χ2v) is 4.01. The molecule has 0 spiro atoms. The average Bonchev–Trinajstić information content (AvgIpc) is 2.99. The highest BCUT2D eigenvalue weighted by molar-refractivity contribution is 6.31. The van der Waals surface area contributed by atoms with Crippen molar-refractivity contribution in [2.45, 2.75) is 18.9 Å². The van der Waals surface area contributed by atoms with Crippen molar-refractivity contribution in [3.8, 4) is 5.75 Å². The summed E-state index contributed by atoms with van der Waals surface area (Å²) in [4.78, 5) is 11.4. The van der Waals surface area contributed by atoms with Gasteiger partial charge in [-0.15, -0.1) is 0 Å². The molecule has 80 valence electrons. The molecule has 0 saturated heterocycles. The Hall–Kier alpha value is -1.22. The quantitative estimate of drug-likeness (QED) is 0.857. The highest BCUT2D eigenvalue weighted by atomic mass is 35.5. The second-order valence-electron chi connectivity index (χ2n) is 3.57. The van der Waals surface area contributed by atoms with Gasteiger partial charge < -0.3 is 10.1 Å². The lowest BCUT2D eigenvalue weighted by Gasteiger charge is -2.07. The van der Waals surface area contributed by atoms with Crippen LogP contribution < -0.4 is 10.1 Å². The fraction of sp³-hybridized carbons (Fsp3) is 0.364. The zero-order valence-electron chi connectivity index (χ0n) is 8.42. The van der Waals surface area contributed by atoms with Crippen LogP contribution in [0.3, 0.4) is 0 Å². The molecule has 1 fully saturated rings. The van der Waals surface area contributed by atoms with Gasteiger partial charge in [0.25, 0.3) is 5.91 Å². The number of hydrogen-bond acceptors (Lipinski definition) is 2. The third-order valence-electron chi connectivity index (χ3n) is 2.19. The lowest BCUT2D eigenvalue weighted by atomic mass is 10.2. The summed E-state index contributed by atoms with van der Waals surface area (Å²) >= 11 is 5.89. The molecule has 0 atom stereocenters. The van der Waals surface area contributed by atoms with Gasteiger partial charge in [0.1, 0.15) is 5.75 Å². The zero-order chi connectivity index (χ0) is 10.8. The van der Waals surface area contributed by atoms with Gasteiger partial charge in [-0.3, -0.25) is 4.79 Å². The van der Waals surface area contributed by atoms with Crippen LogP contribution in [-0.2, 0) is 0 Å². The summed E-state index contributed by atoms with van der Waals surface area (Å²) in [5, 5.41) is 3.07. The zero-order valence-corrected chi connectivity index (χ0v) is 9.17. The van der Waals surface area contributed by atoms with E-state index in [0.717, 1.165) is 12.8 Å². The van der Waals surface area contributed by atoms with Crippen LogP contribution in [0, 0.1) is 0 Å². The molecular weight excluding hydrogens is 214 g/mol. The Bertz CT molecular complexity index is 388. The molecule has 0 aromatic heterocycles. The minimum absolute atomic E-state index is 0.154. The first-order valence-corrected chi connectivity index (χ1v) is 5.26. The van der Waals surface area contributed by atoms with Crippen molar-refractivity contribution in [3.05, 3.63) is 28.8 Å². The molecule has 0 heterocycles. The normalized spacial score (nSPS) is 14.8. The van der Waals surface area contributed by atoms with E-state index in [4.69, 9.17) is 16.3 Å². The predicted molar refractivity (Wildman–Crippen MR) is 58.5 cm³/mol. The molecule has 2 rings (SSSR count). The molecule has 15 heavy (non-hydrogen) atoms. The molecule has 1 aromatic carbocycles. The molecular formula is C11H12ClNO2. The van der Waals surface area contributed by atoms with Gasteiger partial charge in [0, 0.05) is 17.6 Å². The molecule has 4 heteroatoms. The Kier molecular flexibility index (Phi) is 2.82. The van der Waals surface area contributed by atoms with Crippen molar-refractivity contribution in [2.75, 3.05) is 7.05 Å². The smallest absolute Gasteiger partial charge is 0.251 e. The fourth-order valence-corrected chi connectivity index (χ4v) is 1.51. The summed E-state index contributed by atoms with van der Waals surface area (Å²) in [6.45, 7) is 0. The van der Waals surface area contributed by atoms with E-state index in [1.807, 2.05) is 0 Å². The van der Waals surface area contributed by atoms with Crippen LogP contribution in [-0.4, -0.2) is 19.1 Å². The summed E-state index contributed by atoms with van der Waals surface area (Å²) in [5.41, 5.74) is 0.528. The fourth-order valence-electron chi connectivity index (χ4n) is 1.28. The number of halogens is 1. The predicted octanol–water partition coefficient (Wildman–Crippen LogP) is 2.24. The van der Waals surface area contributed by atoms with Gasteiger partial charge in [-0.1, -0.05) is 11.6 Å². The first-order valence-electron chi connectivity index (χ1n) is 4.88. The number of hydrogen-bond donors (Lipinski definition) is 1. The second kappa shape index (κ2) is 4.11. The van der Waals surface area contributed by atoms with Gasteiger partial charge in [-0.2, -0.15) is 0 Å². The Morgan fingerprint density at radius 2 is 2.20 bits per heavy atom. The van der Waals surface area contributed by atoms with Gasteiger partial charge in [-0.25, -0.2) is 0 Å². The Morgan fingerprint density at radius 3 is 2.80 bits per heavy atom. The van der Waals surface area contributed by atoms with Crippen molar-refractivity contribution in [2.24, 2.45) is 0 Å². The van der Waals surface area contributed by atoms with Crippen LogP contribution in [0.4, 0.5) is 0 Å². The van der Waals surface area contributed by atoms with Crippen molar-refractivity contribution >= 4 is 17.5 Å². The van der Waals surface area contributed by atoms with Crippen molar-refractivity contribution in [1.29, 1.82) is 0 Å². The molecule has 1 saturated carbocycles. The minimum Gasteiger partial charge on any atom is -0.490 e. The van der Waals surface area contributed by atoms with Crippen LogP contribution in [0.1, 0.15) is 23.2 Å². The molecule has 0 radical (unpaired) electrons. The van der Waals surface area contributed by atoms with E-state index in [0.29, 0.717) is 22.4 Å². The maximum Gasteiger partial charge on any atom is 0.251 e. The maximum atomic E-state index is 11.4. The summed E-state index contributed by atoms with van der Waals surface area (Å²) in [6, 6.07) is 5.06. The summed E-state index contributed by atoms with van der Waals surface area (Å²) in [6.07, 6.45) is 2.48. The SMILES string of the molecule is CNC(=O)c1cc(Cl)cc(OC2CC2)c1. The van der Waals surface area contributed by atoms with Crippen LogP contribution in [0.5, 0.6) is 5.75 Å². The van der Waals surface area contributed by atoms with E-state index in [1.54, 1.807) is 25.2 Å². The molecule has 0 aliphatic heterocycles. The van der Waals surface area contributed by atoms with E-state index in [9.17, 15) is 4.79 Å². The topological polar surface area (TPSA) is 38.3 Å². The number of benzene rings is 1. The molecule has 1 aromatic rings. The van der Waals surface area contributed by atoms with Gasteiger partial charge in [0.15, 0.2) is 0 Å². The van der Waals surface area contributed by atoms with Crippen molar-refractivity contribution in [3.63, 3.8) is 0 Å². The lowest BCUT2D eigenvalue weighted by Crippen LogP contribution is -2.17. The van der Waals surface area contributed by atoms with Crippen LogP contribution in [0.25, 0.3) is 0 Å². The standard InChI is InChI=1S/C11H12ClNO2/c1-13-11(14)7-4-8(12)6-10(5-7)15-9-2-3-9/h4-6,9H,2-3H2,1H3,(H,13,14). The molecule has 1 amide bonds. The van der Waals surface area contributed by atoms with Gasteiger partial charge >= 0.3 is 0 Å². The number of carbonyl (C=O) groups is 1. The van der Waals surface area contributed by atoms with E-state index < -0.39 is 0 Å². The molecule has 0 unspecified atom stereocenters. The number of ether oxygens (including phenoxy) is 1. The Balaban J connectivity index is 2.22. The van der Waals surface area contributed by atoms with Crippen LogP contribution in [0.2, 0.25) is 5.02 Å². The summed E-state index contributed by atoms with van der Waals surface area (Å²) < 4.78 is 5.58. The molecule has 3 nitrogen and oxygen atoms in total. The number of carbonyl (C=O) groups excluding carboxylic acids is 1. The first-order chi connectivity index (χ1) is 7.19. The largest absolute Gasteiger partial charge is 0.490 e. The molecule has 1 N–H and O–H groups in total. The van der Waals surface area contributed by atoms with E-state index in [-0.39, 0.29) is 5.91 Å². The first kappa shape index (κ1) is 10.3. The maximum absolute atomic E-state index is 11.4. The highest BCUT2D eigenvalue weighted by Crippen LogP contribution is 2.29. The van der Waals surface area contributed by atoms with Gasteiger partial charge in [0.2, 0.25) is 0 Å². The van der Waals surface area contributed by atoms with Gasteiger partial charge in [-0.05, 0) is 31.0 Å². The van der Waals surface area contributed by atoms with Gasteiger partial charge in [0.05, 0.1) is 6.10 Å². The van der Waals surface area contributed by atoms with Crippen LogP contribution in [0.15, 0.2) is 18.2 Å². The van der Waals surface area contributed by atoms with E-state index in [1.165, 1.54) is 0 Å². The van der Waals surface area contributed by atoms with E-state index >= 15 is 0 Å². The minimum atomic E-state index is -0.154. The Morgan fingerprint density at radius 1 is 1.47 bits per heavy atom. The van der Waals surface area contributed by atoms with E-state index in [2.05, 4.69) is 5.32 Å². The average molecular weight is 226 g/mol. The lowest BCUT2D eigenvalue weighted by molar-refractivity contribution is 0.0962. The van der Waals surface area contributed by atoms with Crippen molar-refractivity contribution < 1.29 is 9.53 Å². The highest BCUT2D eigenvalue weighted by Gasteiger charge is 2.23.